The second-order valence-corrected chi connectivity index (χ2v) is 5.46. The maximum atomic E-state index is 13.7. The summed E-state index contributed by atoms with van der Waals surface area (Å²) >= 11 is 0. The number of nitrogens with zero attached hydrogens (tertiary/aromatic N) is 3. The second-order valence-electron chi connectivity index (χ2n) is 5.46. The maximum Gasteiger partial charge on any atom is 0.201 e. The van der Waals surface area contributed by atoms with Gasteiger partial charge in [-0.05, 0) is 44.5 Å². The molecule has 4 nitrogen and oxygen atoms in total. The second kappa shape index (κ2) is 4.81. The zero-order valence-electron chi connectivity index (χ0n) is 11.1. The Morgan fingerprint density at radius 1 is 1.47 bits per heavy atom. The number of hydrogen-bond donors (Lipinski definition) is 1. The summed E-state index contributed by atoms with van der Waals surface area (Å²) in [7, 11) is 2.14. The maximum absolute atomic E-state index is 13.7. The number of aromatic nitrogens is 2. The number of benzene rings is 1. The van der Waals surface area contributed by atoms with E-state index in [-0.39, 0.29) is 5.82 Å². The van der Waals surface area contributed by atoms with Gasteiger partial charge in [0.2, 0.25) is 5.95 Å². The normalized spacial score (nSPS) is 21.1. The predicted octanol–water partition coefficient (Wildman–Crippen LogP) is 2.10. The van der Waals surface area contributed by atoms with Crippen LogP contribution in [-0.4, -0.2) is 34.6 Å². The zero-order valence-corrected chi connectivity index (χ0v) is 11.1. The molecule has 1 unspecified atom stereocenters. The molecule has 1 aliphatic heterocycles. The van der Waals surface area contributed by atoms with Crippen molar-refractivity contribution >= 4 is 17.0 Å². The molecule has 2 heterocycles. The molecule has 0 radical (unpaired) electrons. The van der Waals surface area contributed by atoms with Gasteiger partial charge in [0.05, 0.1) is 5.52 Å². The number of anilines is 1. The van der Waals surface area contributed by atoms with Gasteiger partial charge in [-0.2, -0.15) is 0 Å². The van der Waals surface area contributed by atoms with Crippen molar-refractivity contribution in [1.82, 2.24) is 14.5 Å². The van der Waals surface area contributed by atoms with Gasteiger partial charge in [0.25, 0.3) is 0 Å². The van der Waals surface area contributed by atoms with Crippen molar-refractivity contribution in [3.05, 3.63) is 24.0 Å². The molecule has 0 spiro atoms. The number of nitrogens with two attached hydrogens (primary N) is 1. The molecular weight excluding hydrogens is 243 g/mol. The van der Waals surface area contributed by atoms with Gasteiger partial charge >= 0.3 is 0 Å². The van der Waals surface area contributed by atoms with E-state index in [0.29, 0.717) is 17.4 Å². The molecule has 3 rings (SSSR count). The number of nitrogen functional groups attached to an aromatic ring is 1. The standard InChI is InChI=1S/C14H19FN4/c1-18-7-3-4-10(8-18)9-19-12-6-2-5-11(15)13(12)17-14(19)16/h2,5-6,10H,3-4,7-9H2,1H3,(H2,16,17). The van der Waals surface area contributed by atoms with Gasteiger partial charge in [-0.3, -0.25) is 0 Å². The molecule has 1 atom stereocenters. The van der Waals surface area contributed by atoms with Crippen molar-refractivity contribution in [3.63, 3.8) is 0 Å². The highest BCUT2D eigenvalue weighted by atomic mass is 19.1. The van der Waals surface area contributed by atoms with Gasteiger partial charge in [-0.1, -0.05) is 6.07 Å². The molecule has 0 saturated carbocycles. The third-order valence-corrected chi connectivity index (χ3v) is 3.92. The van der Waals surface area contributed by atoms with E-state index in [1.807, 2.05) is 10.6 Å². The lowest BCUT2D eigenvalue weighted by Gasteiger charge is -2.30. The largest absolute Gasteiger partial charge is 0.369 e. The molecule has 1 aromatic heterocycles. The van der Waals surface area contributed by atoms with E-state index in [0.717, 1.165) is 25.2 Å². The molecular formula is C14H19FN4. The first kappa shape index (κ1) is 12.4. The SMILES string of the molecule is CN1CCCC(Cn2c(N)nc3c(F)cccc32)C1. The Morgan fingerprint density at radius 3 is 3.11 bits per heavy atom. The van der Waals surface area contributed by atoms with Crippen LogP contribution in [0.3, 0.4) is 0 Å². The number of para-hydroxylation sites is 1. The molecule has 5 heteroatoms. The monoisotopic (exact) mass is 262 g/mol. The lowest BCUT2D eigenvalue weighted by atomic mass is 9.98. The van der Waals surface area contributed by atoms with Crippen LogP contribution in [0.1, 0.15) is 12.8 Å². The molecule has 19 heavy (non-hydrogen) atoms. The van der Waals surface area contributed by atoms with Crippen LogP contribution in [0.15, 0.2) is 18.2 Å². The quantitative estimate of drug-likeness (QED) is 0.901. The van der Waals surface area contributed by atoms with Crippen LogP contribution in [0.5, 0.6) is 0 Å². The van der Waals surface area contributed by atoms with E-state index >= 15 is 0 Å². The molecule has 2 aromatic rings. The molecule has 0 amide bonds. The summed E-state index contributed by atoms with van der Waals surface area (Å²) in [5.41, 5.74) is 7.12. The van der Waals surface area contributed by atoms with Crippen LogP contribution in [0.4, 0.5) is 10.3 Å². The van der Waals surface area contributed by atoms with Gasteiger partial charge < -0.3 is 15.2 Å². The summed E-state index contributed by atoms with van der Waals surface area (Å²) in [4.78, 5) is 6.49. The molecule has 0 aliphatic carbocycles. The number of fused-ring (bicyclic) bond motifs is 1. The minimum atomic E-state index is -0.302. The van der Waals surface area contributed by atoms with Gasteiger partial charge in [-0.15, -0.1) is 0 Å². The van der Waals surface area contributed by atoms with E-state index < -0.39 is 0 Å². The number of piperidine rings is 1. The van der Waals surface area contributed by atoms with Gasteiger partial charge in [0.15, 0.2) is 5.82 Å². The van der Waals surface area contributed by atoms with E-state index in [2.05, 4.69) is 16.9 Å². The van der Waals surface area contributed by atoms with E-state index in [1.165, 1.54) is 18.9 Å². The summed E-state index contributed by atoms with van der Waals surface area (Å²) in [6, 6.07) is 5.02. The van der Waals surface area contributed by atoms with E-state index in [4.69, 9.17) is 5.73 Å². The highest BCUT2D eigenvalue weighted by Gasteiger charge is 2.20. The molecule has 102 valence electrons. The van der Waals surface area contributed by atoms with Crippen LogP contribution < -0.4 is 5.73 Å². The first-order chi connectivity index (χ1) is 9.15. The Morgan fingerprint density at radius 2 is 2.32 bits per heavy atom. The first-order valence-corrected chi connectivity index (χ1v) is 6.74. The Bertz CT molecular complexity index is 592. The third-order valence-electron chi connectivity index (χ3n) is 3.92. The number of likely N-dealkylation sites (tertiary alicyclic amines) is 1. The summed E-state index contributed by atoms with van der Waals surface area (Å²) in [5, 5.41) is 0. The van der Waals surface area contributed by atoms with Crippen LogP contribution in [0.25, 0.3) is 11.0 Å². The fourth-order valence-electron chi connectivity index (χ4n) is 3.00. The zero-order chi connectivity index (χ0) is 13.4. The number of halogens is 1. The minimum absolute atomic E-state index is 0.302. The van der Waals surface area contributed by atoms with Crippen molar-refractivity contribution in [3.8, 4) is 0 Å². The molecule has 1 aliphatic rings. The van der Waals surface area contributed by atoms with E-state index in [1.54, 1.807) is 6.07 Å². The predicted molar refractivity (Wildman–Crippen MR) is 74.3 cm³/mol. The summed E-state index contributed by atoms with van der Waals surface area (Å²) in [6.07, 6.45) is 2.40. The summed E-state index contributed by atoms with van der Waals surface area (Å²) in [6.45, 7) is 3.04. The van der Waals surface area contributed by atoms with Gasteiger partial charge in [0.1, 0.15) is 5.52 Å². The summed E-state index contributed by atoms with van der Waals surface area (Å²) < 4.78 is 15.6. The molecule has 2 N–H and O–H groups in total. The smallest absolute Gasteiger partial charge is 0.201 e. The van der Waals surface area contributed by atoms with Crippen molar-refractivity contribution in [2.45, 2.75) is 19.4 Å². The number of hydrogen-bond acceptors (Lipinski definition) is 3. The minimum Gasteiger partial charge on any atom is -0.369 e. The van der Waals surface area contributed by atoms with Crippen molar-refractivity contribution in [1.29, 1.82) is 0 Å². The van der Waals surface area contributed by atoms with Gasteiger partial charge in [-0.25, -0.2) is 9.37 Å². The average Bonchev–Trinajstić information content (AvgIpc) is 2.69. The summed E-state index contributed by atoms with van der Waals surface area (Å²) in [5.74, 6) is 0.666. The van der Waals surface area contributed by atoms with Crippen molar-refractivity contribution in [2.75, 3.05) is 25.9 Å². The van der Waals surface area contributed by atoms with Crippen LogP contribution >= 0.6 is 0 Å². The number of rotatable bonds is 2. The van der Waals surface area contributed by atoms with E-state index in [9.17, 15) is 4.39 Å². The first-order valence-electron chi connectivity index (χ1n) is 6.74. The Balaban J connectivity index is 1.92. The fraction of sp³-hybridized carbons (Fsp3) is 0.500. The van der Waals surface area contributed by atoms with Crippen molar-refractivity contribution in [2.24, 2.45) is 5.92 Å². The van der Waals surface area contributed by atoms with Crippen LogP contribution in [0.2, 0.25) is 0 Å². The lowest BCUT2D eigenvalue weighted by molar-refractivity contribution is 0.196. The Labute approximate surface area is 112 Å². The Kier molecular flexibility index (Phi) is 3.14. The lowest BCUT2D eigenvalue weighted by Crippen LogP contribution is -2.34. The molecule has 1 fully saturated rings. The van der Waals surface area contributed by atoms with Crippen LogP contribution in [-0.2, 0) is 6.54 Å². The topological polar surface area (TPSA) is 47.1 Å². The van der Waals surface area contributed by atoms with Crippen LogP contribution in [0, 0.1) is 11.7 Å². The molecule has 1 saturated heterocycles. The fourth-order valence-corrected chi connectivity index (χ4v) is 3.00. The third kappa shape index (κ3) is 2.30. The average molecular weight is 262 g/mol. The molecule has 1 aromatic carbocycles. The van der Waals surface area contributed by atoms with Gasteiger partial charge in [0, 0.05) is 13.1 Å². The highest BCUT2D eigenvalue weighted by molar-refractivity contribution is 5.78. The molecule has 0 bridgehead atoms. The number of imidazole rings is 1. The highest BCUT2D eigenvalue weighted by Crippen LogP contribution is 2.24. The Hall–Kier alpha value is -1.62. The van der Waals surface area contributed by atoms with Crippen molar-refractivity contribution < 1.29 is 4.39 Å².